The molecule has 0 aliphatic rings. The van der Waals surface area contributed by atoms with Gasteiger partial charge in [0, 0.05) is 28.7 Å². The normalized spacial score (nSPS) is 12.7. The summed E-state index contributed by atoms with van der Waals surface area (Å²) >= 11 is 0. The molecule has 1 heterocycles. The lowest BCUT2D eigenvalue weighted by atomic mass is 10.1. The molecule has 1 atom stereocenters. The average Bonchev–Trinajstić information content (AvgIpc) is 2.69. The van der Waals surface area contributed by atoms with Crippen LogP contribution >= 0.6 is 0 Å². The molecule has 0 aliphatic carbocycles. The van der Waals surface area contributed by atoms with Crippen LogP contribution in [-0.2, 0) is 6.54 Å². The Balaban J connectivity index is 2.61. The second kappa shape index (κ2) is 5.70. The molecule has 1 aromatic heterocycles. The van der Waals surface area contributed by atoms with Crippen molar-refractivity contribution in [2.45, 2.75) is 53.7 Å². The summed E-state index contributed by atoms with van der Waals surface area (Å²) in [5.74, 6) is 0.947. The van der Waals surface area contributed by atoms with E-state index in [1.165, 1.54) is 0 Å². The van der Waals surface area contributed by atoms with Crippen LogP contribution in [0.2, 0.25) is 0 Å². The zero-order chi connectivity index (χ0) is 14.9. The summed E-state index contributed by atoms with van der Waals surface area (Å²) in [6, 6.07) is 6.04. The van der Waals surface area contributed by atoms with E-state index in [1.807, 2.05) is 19.1 Å². The minimum Gasteiger partial charge on any atom is -0.491 e. The number of rotatable bonds is 5. The lowest BCUT2D eigenvalue weighted by Crippen LogP contribution is -2.09. The van der Waals surface area contributed by atoms with Gasteiger partial charge in [0.2, 0.25) is 0 Å². The van der Waals surface area contributed by atoms with Crippen LogP contribution in [0.1, 0.15) is 50.2 Å². The number of aryl methyl sites for hydroxylation is 1. The molecule has 0 radical (unpaired) electrons. The summed E-state index contributed by atoms with van der Waals surface area (Å²) < 4.78 is 8.05. The maximum absolute atomic E-state index is 11.9. The van der Waals surface area contributed by atoms with E-state index in [0.29, 0.717) is 0 Å². The summed E-state index contributed by atoms with van der Waals surface area (Å²) in [6.07, 6.45) is 1.15. The largest absolute Gasteiger partial charge is 0.491 e. The minimum atomic E-state index is 0.111. The first-order valence-electron chi connectivity index (χ1n) is 7.30. The molecule has 2 rings (SSSR count). The highest BCUT2D eigenvalue weighted by molar-refractivity contribution is 6.08. The van der Waals surface area contributed by atoms with Crippen molar-refractivity contribution in [2.24, 2.45) is 0 Å². The highest BCUT2D eigenvalue weighted by atomic mass is 16.5. The average molecular weight is 273 g/mol. The maximum Gasteiger partial charge on any atom is 0.162 e. The fourth-order valence-electron chi connectivity index (χ4n) is 2.70. The van der Waals surface area contributed by atoms with Crippen LogP contribution in [0.3, 0.4) is 0 Å². The number of ketones is 1. The van der Waals surface area contributed by atoms with E-state index in [-0.39, 0.29) is 11.9 Å². The lowest BCUT2D eigenvalue weighted by Gasteiger charge is -2.12. The monoisotopic (exact) mass is 273 g/mol. The third-order valence-corrected chi connectivity index (χ3v) is 3.88. The number of hydrogen-bond acceptors (Lipinski definition) is 2. The second-order valence-corrected chi connectivity index (χ2v) is 5.28. The molecule has 3 nitrogen and oxygen atoms in total. The van der Waals surface area contributed by atoms with E-state index in [4.69, 9.17) is 4.74 Å². The Labute approximate surface area is 120 Å². The Morgan fingerprint density at radius 2 is 2.05 bits per heavy atom. The molecule has 0 saturated carbocycles. The Morgan fingerprint density at radius 1 is 1.35 bits per heavy atom. The van der Waals surface area contributed by atoms with Gasteiger partial charge in [0.1, 0.15) is 5.75 Å². The van der Waals surface area contributed by atoms with Crippen LogP contribution in [-0.4, -0.2) is 16.5 Å². The molecule has 0 spiro atoms. The molecule has 0 aliphatic heterocycles. The number of hydrogen-bond donors (Lipinski definition) is 0. The smallest absolute Gasteiger partial charge is 0.162 e. The number of nitrogens with zero attached hydrogens (tertiary/aromatic N) is 1. The fourth-order valence-corrected chi connectivity index (χ4v) is 2.70. The third-order valence-electron chi connectivity index (χ3n) is 3.88. The van der Waals surface area contributed by atoms with E-state index in [1.54, 1.807) is 6.92 Å². The highest BCUT2D eigenvalue weighted by Crippen LogP contribution is 2.30. The number of ether oxygens (including phenoxy) is 1. The summed E-state index contributed by atoms with van der Waals surface area (Å²) in [5, 5.41) is 0.998. The molecule has 0 N–H and O–H groups in total. The van der Waals surface area contributed by atoms with Gasteiger partial charge in [-0.3, -0.25) is 4.79 Å². The van der Waals surface area contributed by atoms with Crippen LogP contribution in [0.5, 0.6) is 5.75 Å². The zero-order valence-electron chi connectivity index (χ0n) is 13.0. The van der Waals surface area contributed by atoms with Gasteiger partial charge in [0.15, 0.2) is 5.78 Å². The van der Waals surface area contributed by atoms with Gasteiger partial charge in [0.05, 0.1) is 6.10 Å². The summed E-state index contributed by atoms with van der Waals surface area (Å²) in [6.45, 7) is 10.8. The standard InChI is InChI=1S/C17H23NO2/c1-6-11(3)20-14-8-9-16-15(10-14)17(13(5)19)12(4)18(16)7-2/h8-11H,6-7H2,1-5H3. The van der Waals surface area contributed by atoms with E-state index < -0.39 is 0 Å². The molecular weight excluding hydrogens is 250 g/mol. The van der Waals surface area contributed by atoms with Crippen molar-refractivity contribution in [3.8, 4) is 5.75 Å². The topological polar surface area (TPSA) is 31.2 Å². The van der Waals surface area contributed by atoms with Crippen LogP contribution in [0.4, 0.5) is 0 Å². The molecule has 0 amide bonds. The minimum absolute atomic E-state index is 0.111. The van der Waals surface area contributed by atoms with Crippen molar-refractivity contribution in [3.63, 3.8) is 0 Å². The predicted octanol–water partition coefficient (Wildman–Crippen LogP) is 4.35. The first-order valence-corrected chi connectivity index (χ1v) is 7.30. The van der Waals surface area contributed by atoms with Crippen molar-refractivity contribution in [3.05, 3.63) is 29.5 Å². The maximum atomic E-state index is 11.9. The molecule has 1 unspecified atom stereocenters. The van der Waals surface area contributed by atoms with Crippen LogP contribution < -0.4 is 4.74 Å². The van der Waals surface area contributed by atoms with Crippen LogP contribution in [0.25, 0.3) is 10.9 Å². The van der Waals surface area contributed by atoms with Crippen molar-refractivity contribution in [2.75, 3.05) is 0 Å². The third kappa shape index (κ3) is 2.45. The van der Waals surface area contributed by atoms with E-state index in [0.717, 1.165) is 40.9 Å². The van der Waals surface area contributed by atoms with Crippen LogP contribution in [0.15, 0.2) is 18.2 Å². The molecule has 2 aromatic rings. The number of fused-ring (bicyclic) bond motifs is 1. The lowest BCUT2D eigenvalue weighted by molar-refractivity contribution is 0.101. The van der Waals surface area contributed by atoms with Gasteiger partial charge in [-0.05, 0) is 52.3 Å². The Morgan fingerprint density at radius 3 is 2.60 bits per heavy atom. The van der Waals surface area contributed by atoms with E-state index >= 15 is 0 Å². The van der Waals surface area contributed by atoms with Gasteiger partial charge < -0.3 is 9.30 Å². The molecule has 108 valence electrons. The number of benzene rings is 1. The van der Waals surface area contributed by atoms with Crippen LogP contribution in [0, 0.1) is 6.92 Å². The number of aromatic nitrogens is 1. The predicted molar refractivity (Wildman–Crippen MR) is 82.7 cm³/mol. The fraction of sp³-hybridized carbons (Fsp3) is 0.471. The summed E-state index contributed by atoms with van der Waals surface area (Å²) in [4.78, 5) is 11.9. The van der Waals surface area contributed by atoms with Crippen molar-refractivity contribution < 1.29 is 9.53 Å². The molecular formula is C17H23NO2. The second-order valence-electron chi connectivity index (χ2n) is 5.28. The van der Waals surface area contributed by atoms with E-state index in [9.17, 15) is 4.79 Å². The Hall–Kier alpha value is -1.77. The molecule has 1 aromatic carbocycles. The Kier molecular flexibility index (Phi) is 4.17. The first kappa shape index (κ1) is 14.6. The molecule has 0 bridgehead atoms. The van der Waals surface area contributed by atoms with Crippen molar-refractivity contribution in [1.29, 1.82) is 0 Å². The van der Waals surface area contributed by atoms with E-state index in [2.05, 4.69) is 31.4 Å². The number of carbonyl (C=O) groups excluding carboxylic acids is 1. The molecule has 0 saturated heterocycles. The summed E-state index contributed by atoms with van der Waals surface area (Å²) in [7, 11) is 0. The van der Waals surface area contributed by atoms with Gasteiger partial charge in [-0.2, -0.15) is 0 Å². The highest BCUT2D eigenvalue weighted by Gasteiger charge is 2.17. The summed E-state index contributed by atoms with van der Waals surface area (Å²) in [5.41, 5.74) is 2.96. The van der Waals surface area contributed by atoms with Gasteiger partial charge >= 0.3 is 0 Å². The Bertz CT molecular complexity index is 640. The van der Waals surface area contributed by atoms with Gasteiger partial charge in [-0.15, -0.1) is 0 Å². The van der Waals surface area contributed by atoms with Crippen molar-refractivity contribution in [1.82, 2.24) is 4.57 Å². The zero-order valence-corrected chi connectivity index (χ0v) is 13.0. The van der Waals surface area contributed by atoms with Gasteiger partial charge in [0.25, 0.3) is 0 Å². The number of Topliss-reactive ketones (excluding diaryl/α,β-unsaturated/α-hetero) is 1. The molecule has 0 fully saturated rings. The van der Waals surface area contributed by atoms with Gasteiger partial charge in [-0.1, -0.05) is 6.92 Å². The first-order chi connectivity index (χ1) is 9.49. The van der Waals surface area contributed by atoms with Crippen molar-refractivity contribution >= 4 is 16.7 Å². The molecule has 3 heteroatoms. The molecule has 20 heavy (non-hydrogen) atoms. The number of carbonyl (C=O) groups is 1. The SMILES string of the molecule is CCC(C)Oc1ccc2c(c1)c(C(C)=O)c(C)n2CC. The quantitative estimate of drug-likeness (QED) is 0.758. The van der Waals surface area contributed by atoms with Gasteiger partial charge in [-0.25, -0.2) is 0 Å².